The molecule has 1 aliphatic rings. The first-order valence-electron chi connectivity index (χ1n) is 8.18. The van der Waals surface area contributed by atoms with Gasteiger partial charge in [0.2, 0.25) is 0 Å². The van der Waals surface area contributed by atoms with Gasteiger partial charge >= 0.3 is 6.03 Å². The summed E-state index contributed by atoms with van der Waals surface area (Å²) in [5.74, 6) is 0.701. The van der Waals surface area contributed by atoms with Crippen molar-refractivity contribution in [2.24, 2.45) is 11.8 Å². The number of nitrogens with one attached hydrogen (secondary N) is 1. The first-order valence-corrected chi connectivity index (χ1v) is 8.18. The maximum absolute atomic E-state index is 12.2. The van der Waals surface area contributed by atoms with E-state index in [1.165, 1.54) is 0 Å². The Kier molecular flexibility index (Phi) is 5.83. The molecule has 1 aromatic heterocycles. The fourth-order valence-corrected chi connectivity index (χ4v) is 2.96. The van der Waals surface area contributed by atoms with Crippen LogP contribution in [0.1, 0.15) is 39.5 Å². The molecule has 2 atom stereocenters. The van der Waals surface area contributed by atoms with Crippen LogP contribution in [0.15, 0.2) is 12.4 Å². The molecule has 124 valence electrons. The van der Waals surface area contributed by atoms with Crippen LogP contribution in [0.2, 0.25) is 0 Å². The van der Waals surface area contributed by atoms with E-state index in [1.807, 2.05) is 10.9 Å². The lowest BCUT2D eigenvalue weighted by Gasteiger charge is -2.31. The molecule has 0 saturated heterocycles. The molecule has 22 heavy (non-hydrogen) atoms. The summed E-state index contributed by atoms with van der Waals surface area (Å²) in [5, 5.41) is 17.1. The van der Waals surface area contributed by atoms with Crippen LogP contribution in [-0.4, -0.2) is 45.5 Å². The van der Waals surface area contributed by atoms with Crippen LogP contribution in [0.25, 0.3) is 0 Å². The zero-order valence-corrected chi connectivity index (χ0v) is 13.8. The first kappa shape index (κ1) is 16.8. The summed E-state index contributed by atoms with van der Waals surface area (Å²) < 4.78 is 1.84. The zero-order chi connectivity index (χ0) is 16.1. The fourth-order valence-electron chi connectivity index (χ4n) is 2.96. The Morgan fingerprint density at radius 3 is 2.91 bits per heavy atom. The number of hydrogen-bond acceptors (Lipinski definition) is 3. The van der Waals surface area contributed by atoms with Crippen molar-refractivity contribution >= 4 is 11.7 Å². The van der Waals surface area contributed by atoms with Gasteiger partial charge in [0, 0.05) is 32.3 Å². The Morgan fingerprint density at radius 2 is 2.23 bits per heavy atom. The summed E-state index contributed by atoms with van der Waals surface area (Å²) in [7, 11) is 1.77. The Balaban J connectivity index is 1.84. The molecule has 0 spiro atoms. The molecule has 0 aliphatic heterocycles. The van der Waals surface area contributed by atoms with E-state index in [9.17, 15) is 9.90 Å². The minimum Gasteiger partial charge on any atom is -0.393 e. The maximum Gasteiger partial charge on any atom is 0.321 e. The van der Waals surface area contributed by atoms with Crippen LogP contribution >= 0.6 is 0 Å². The number of urea groups is 1. The fraction of sp³-hybridized carbons (Fsp3) is 0.750. The number of rotatable bonds is 5. The number of anilines is 1. The molecule has 1 heterocycles. The van der Waals surface area contributed by atoms with Gasteiger partial charge in [0.15, 0.2) is 0 Å². The molecular weight excluding hydrogens is 280 g/mol. The maximum atomic E-state index is 12.2. The van der Waals surface area contributed by atoms with E-state index in [0.717, 1.165) is 32.2 Å². The smallest absolute Gasteiger partial charge is 0.321 e. The number of aromatic nitrogens is 2. The van der Waals surface area contributed by atoms with E-state index in [4.69, 9.17) is 0 Å². The third-order valence-corrected chi connectivity index (χ3v) is 4.16. The lowest BCUT2D eigenvalue weighted by Crippen LogP contribution is -2.39. The van der Waals surface area contributed by atoms with Crippen molar-refractivity contribution in [2.45, 2.75) is 52.2 Å². The number of hydrogen-bond donors (Lipinski definition) is 2. The van der Waals surface area contributed by atoms with Crippen LogP contribution in [0.5, 0.6) is 0 Å². The predicted octanol–water partition coefficient (Wildman–Crippen LogP) is 2.55. The molecule has 1 fully saturated rings. The molecule has 0 radical (unpaired) electrons. The molecule has 1 aromatic rings. The highest BCUT2D eigenvalue weighted by molar-refractivity contribution is 5.88. The number of aliphatic hydroxyl groups excluding tert-OH is 1. The second-order valence-corrected chi connectivity index (χ2v) is 6.77. The van der Waals surface area contributed by atoms with Crippen molar-refractivity contribution < 1.29 is 9.90 Å². The number of aliphatic hydroxyl groups is 1. The molecule has 2 rings (SSSR count). The Labute approximate surface area is 132 Å². The summed E-state index contributed by atoms with van der Waals surface area (Å²) in [6.07, 6.45) is 7.30. The Hall–Kier alpha value is -1.56. The van der Waals surface area contributed by atoms with Crippen LogP contribution in [0.4, 0.5) is 10.5 Å². The summed E-state index contributed by atoms with van der Waals surface area (Å²) in [6, 6.07) is -0.151. The SMILES string of the molecule is CC(C)Cn1cc(NC(=O)N(C)CC2CCCCC2O)cn1. The number of amides is 2. The molecule has 6 nitrogen and oxygen atoms in total. The lowest BCUT2D eigenvalue weighted by molar-refractivity contribution is 0.0575. The largest absolute Gasteiger partial charge is 0.393 e. The van der Waals surface area contributed by atoms with Gasteiger partial charge < -0.3 is 15.3 Å². The van der Waals surface area contributed by atoms with E-state index < -0.39 is 0 Å². The van der Waals surface area contributed by atoms with Gasteiger partial charge in [-0.25, -0.2) is 4.79 Å². The molecular formula is C16H28N4O2. The van der Waals surface area contributed by atoms with Crippen LogP contribution in [-0.2, 0) is 6.54 Å². The highest BCUT2D eigenvalue weighted by Crippen LogP contribution is 2.25. The van der Waals surface area contributed by atoms with Crippen molar-refractivity contribution in [1.29, 1.82) is 0 Å². The molecule has 0 aromatic carbocycles. The summed E-state index contributed by atoms with van der Waals surface area (Å²) in [6.45, 7) is 5.68. The van der Waals surface area contributed by atoms with E-state index >= 15 is 0 Å². The van der Waals surface area contributed by atoms with Gasteiger partial charge in [-0.3, -0.25) is 4.68 Å². The topological polar surface area (TPSA) is 70.4 Å². The van der Waals surface area contributed by atoms with Crippen LogP contribution < -0.4 is 5.32 Å². The standard InChI is InChI=1S/C16H28N4O2/c1-12(2)9-20-11-14(8-17-20)18-16(22)19(3)10-13-6-4-5-7-15(13)21/h8,11-13,15,21H,4-7,9-10H2,1-3H3,(H,18,22). The monoisotopic (exact) mass is 308 g/mol. The van der Waals surface area contributed by atoms with Gasteiger partial charge in [-0.05, 0) is 18.8 Å². The number of carbonyl (C=O) groups is 1. The third-order valence-electron chi connectivity index (χ3n) is 4.16. The Morgan fingerprint density at radius 1 is 1.50 bits per heavy atom. The van der Waals surface area contributed by atoms with Crippen molar-refractivity contribution in [3.63, 3.8) is 0 Å². The van der Waals surface area contributed by atoms with Crippen molar-refractivity contribution in [2.75, 3.05) is 18.9 Å². The molecule has 6 heteroatoms. The molecule has 1 aliphatic carbocycles. The summed E-state index contributed by atoms with van der Waals surface area (Å²) >= 11 is 0. The molecule has 2 amide bonds. The van der Waals surface area contributed by atoms with E-state index in [1.54, 1.807) is 18.1 Å². The molecule has 0 bridgehead atoms. The zero-order valence-electron chi connectivity index (χ0n) is 13.8. The minimum absolute atomic E-state index is 0.151. The predicted molar refractivity (Wildman–Crippen MR) is 86.7 cm³/mol. The number of carbonyl (C=O) groups excluding carboxylic acids is 1. The Bertz CT molecular complexity index is 486. The summed E-state index contributed by atoms with van der Waals surface area (Å²) in [5.41, 5.74) is 0.710. The van der Waals surface area contributed by atoms with Gasteiger partial charge in [0.25, 0.3) is 0 Å². The highest BCUT2D eigenvalue weighted by atomic mass is 16.3. The highest BCUT2D eigenvalue weighted by Gasteiger charge is 2.25. The van der Waals surface area contributed by atoms with Gasteiger partial charge in [-0.1, -0.05) is 26.7 Å². The lowest BCUT2D eigenvalue weighted by atomic mass is 9.86. The van der Waals surface area contributed by atoms with Crippen molar-refractivity contribution in [1.82, 2.24) is 14.7 Å². The van der Waals surface area contributed by atoms with E-state index in [-0.39, 0.29) is 18.1 Å². The normalized spacial score (nSPS) is 21.9. The van der Waals surface area contributed by atoms with Crippen LogP contribution in [0, 0.1) is 11.8 Å². The average molecular weight is 308 g/mol. The third kappa shape index (κ3) is 4.73. The van der Waals surface area contributed by atoms with Crippen LogP contribution in [0.3, 0.4) is 0 Å². The van der Waals surface area contributed by atoms with Gasteiger partial charge in [0.1, 0.15) is 0 Å². The molecule has 2 unspecified atom stereocenters. The molecule has 2 N–H and O–H groups in total. The summed E-state index contributed by atoms with van der Waals surface area (Å²) in [4.78, 5) is 13.9. The second-order valence-electron chi connectivity index (χ2n) is 6.77. The molecule has 1 saturated carbocycles. The average Bonchev–Trinajstić information content (AvgIpc) is 2.87. The second kappa shape index (κ2) is 7.63. The number of nitrogens with zero attached hydrogens (tertiary/aromatic N) is 3. The van der Waals surface area contributed by atoms with Gasteiger partial charge in [-0.2, -0.15) is 5.10 Å². The van der Waals surface area contributed by atoms with Crippen molar-refractivity contribution in [3.8, 4) is 0 Å². The van der Waals surface area contributed by atoms with E-state index in [2.05, 4.69) is 24.3 Å². The first-order chi connectivity index (χ1) is 10.5. The van der Waals surface area contributed by atoms with Crippen molar-refractivity contribution in [3.05, 3.63) is 12.4 Å². The van der Waals surface area contributed by atoms with E-state index in [0.29, 0.717) is 18.2 Å². The minimum atomic E-state index is -0.280. The van der Waals surface area contributed by atoms with Gasteiger partial charge in [0.05, 0.1) is 18.0 Å². The van der Waals surface area contributed by atoms with Gasteiger partial charge in [-0.15, -0.1) is 0 Å². The quantitative estimate of drug-likeness (QED) is 0.878.